The summed E-state index contributed by atoms with van der Waals surface area (Å²) in [6.07, 6.45) is 7.67. The number of carbonyl (C=O) groups excluding carboxylic acids is 2. The van der Waals surface area contributed by atoms with E-state index in [1.54, 1.807) is 0 Å². The van der Waals surface area contributed by atoms with E-state index in [9.17, 15) is 14.7 Å². The molecule has 5 rings (SSSR count). The lowest BCUT2D eigenvalue weighted by molar-refractivity contribution is -0.149. The highest BCUT2D eigenvalue weighted by molar-refractivity contribution is 5.80. The highest BCUT2D eigenvalue weighted by atomic mass is 16.5. The van der Waals surface area contributed by atoms with Gasteiger partial charge < -0.3 is 14.7 Å². The van der Waals surface area contributed by atoms with Gasteiger partial charge in [-0.2, -0.15) is 0 Å². The SMILES string of the molecule is CC(=O)O[C@@H]1[C][C@@]2(O)[C@H](C)CC[C@@H]([C@H](C)CN3CC(=O)N4CCc5ccccc5C4C3)[C@H]2C=C1C. The van der Waals surface area contributed by atoms with Crippen molar-refractivity contribution >= 4 is 11.9 Å². The van der Waals surface area contributed by atoms with E-state index in [1.807, 2.05) is 6.92 Å². The van der Waals surface area contributed by atoms with Crippen LogP contribution < -0.4 is 0 Å². The van der Waals surface area contributed by atoms with Crippen molar-refractivity contribution in [3.63, 3.8) is 0 Å². The van der Waals surface area contributed by atoms with E-state index in [-0.39, 0.29) is 35.7 Å². The Kier molecular flexibility index (Phi) is 6.56. The standard InChI is InChI=1S/C29H38N2O4/c1-18-13-25-23(10-9-20(3)29(25,34)14-27(18)35-21(4)32)19(2)15-30-16-26-24-8-6-5-7-22(24)11-12-31(26)28(33)17-30/h5-8,13,19-20,23,25-27,34H,9-12,15-17H2,1-4H3/t19-,20-,23+,25-,26?,27-,29-/m1/s1. The summed E-state index contributed by atoms with van der Waals surface area (Å²) < 4.78 is 5.45. The van der Waals surface area contributed by atoms with Crippen LogP contribution in [-0.2, 0) is 20.7 Å². The molecule has 0 spiro atoms. The lowest BCUT2D eigenvalue weighted by Crippen LogP contribution is -2.58. The normalized spacial score (nSPS) is 35.9. The summed E-state index contributed by atoms with van der Waals surface area (Å²) in [7, 11) is 0. The van der Waals surface area contributed by atoms with Crippen LogP contribution in [0.25, 0.3) is 0 Å². The van der Waals surface area contributed by atoms with Crippen LogP contribution in [0.3, 0.4) is 0 Å². The van der Waals surface area contributed by atoms with E-state index >= 15 is 0 Å². The minimum absolute atomic E-state index is 0.0437. The maximum atomic E-state index is 13.1. The van der Waals surface area contributed by atoms with Crippen LogP contribution in [0.1, 0.15) is 57.7 Å². The summed E-state index contributed by atoms with van der Waals surface area (Å²) in [5, 5.41) is 11.8. The summed E-state index contributed by atoms with van der Waals surface area (Å²) in [6, 6.07) is 8.66. The minimum Gasteiger partial charge on any atom is -0.457 e. The highest BCUT2D eigenvalue weighted by Crippen LogP contribution is 2.51. The number of fused-ring (bicyclic) bond motifs is 4. The van der Waals surface area contributed by atoms with Gasteiger partial charge in [-0.3, -0.25) is 14.5 Å². The maximum Gasteiger partial charge on any atom is 0.303 e. The maximum absolute atomic E-state index is 13.1. The van der Waals surface area contributed by atoms with Crippen molar-refractivity contribution in [2.24, 2.45) is 23.7 Å². The van der Waals surface area contributed by atoms with Crippen LogP contribution in [0.2, 0.25) is 0 Å². The van der Waals surface area contributed by atoms with Crippen molar-refractivity contribution in [1.29, 1.82) is 0 Å². The van der Waals surface area contributed by atoms with Gasteiger partial charge in [0, 0.05) is 32.5 Å². The van der Waals surface area contributed by atoms with Gasteiger partial charge in [-0.05, 0) is 60.6 Å². The number of esters is 1. The fourth-order valence-corrected chi connectivity index (χ4v) is 7.03. The third-order valence-electron chi connectivity index (χ3n) is 8.96. The molecule has 0 bridgehead atoms. The molecule has 1 amide bonds. The molecule has 4 aliphatic rings. The largest absolute Gasteiger partial charge is 0.457 e. The summed E-state index contributed by atoms with van der Waals surface area (Å²) in [4.78, 5) is 29.1. The van der Waals surface area contributed by atoms with Crippen molar-refractivity contribution in [3.05, 3.63) is 53.5 Å². The molecule has 2 heterocycles. The predicted molar refractivity (Wildman–Crippen MR) is 133 cm³/mol. The van der Waals surface area contributed by atoms with Gasteiger partial charge in [-0.25, -0.2) is 0 Å². The smallest absolute Gasteiger partial charge is 0.303 e. The van der Waals surface area contributed by atoms with Gasteiger partial charge >= 0.3 is 5.97 Å². The lowest BCUT2D eigenvalue weighted by Gasteiger charge is -2.53. The van der Waals surface area contributed by atoms with Crippen molar-refractivity contribution in [1.82, 2.24) is 9.80 Å². The summed E-state index contributed by atoms with van der Waals surface area (Å²) in [5.41, 5.74) is 2.47. The lowest BCUT2D eigenvalue weighted by atomic mass is 9.57. The molecule has 1 saturated carbocycles. The second kappa shape index (κ2) is 9.36. The Bertz CT molecular complexity index is 1020. The second-order valence-electron chi connectivity index (χ2n) is 11.3. The summed E-state index contributed by atoms with van der Waals surface area (Å²) >= 11 is 0. The molecule has 1 aromatic carbocycles. The van der Waals surface area contributed by atoms with Gasteiger partial charge in [0.1, 0.15) is 6.10 Å². The molecule has 2 aliphatic carbocycles. The number of aliphatic hydroxyl groups is 1. The van der Waals surface area contributed by atoms with Crippen LogP contribution in [-0.4, -0.2) is 64.7 Å². The van der Waals surface area contributed by atoms with Crippen molar-refractivity contribution in [2.75, 3.05) is 26.2 Å². The molecule has 6 nitrogen and oxygen atoms in total. The van der Waals surface area contributed by atoms with E-state index in [2.05, 4.69) is 60.4 Å². The van der Waals surface area contributed by atoms with Gasteiger partial charge in [0.15, 0.2) is 0 Å². The Morgan fingerprint density at radius 2 is 2.09 bits per heavy atom. The molecule has 35 heavy (non-hydrogen) atoms. The molecule has 0 aromatic heterocycles. The molecule has 7 atom stereocenters. The Morgan fingerprint density at radius 1 is 1.31 bits per heavy atom. The Balaban J connectivity index is 1.33. The molecule has 2 radical (unpaired) electrons. The van der Waals surface area contributed by atoms with Crippen molar-refractivity contribution in [3.8, 4) is 0 Å². The van der Waals surface area contributed by atoms with E-state index in [0.717, 1.165) is 44.5 Å². The number of rotatable bonds is 4. The fourth-order valence-electron chi connectivity index (χ4n) is 7.03. The second-order valence-corrected chi connectivity index (χ2v) is 11.3. The Morgan fingerprint density at radius 3 is 2.86 bits per heavy atom. The number of carbonyl (C=O) groups is 2. The van der Waals surface area contributed by atoms with Gasteiger partial charge in [-0.1, -0.05) is 44.2 Å². The average molecular weight is 479 g/mol. The summed E-state index contributed by atoms with van der Waals surface area (Å²) in [5.74, 6) is 0.398. The molecule has 6 heteroatoms. The van der Waals surface area contributed by atoms with Crippen LogP contribution in [0.15, 0.2) is 35.9 Å². The van der Waals surface area contributed by atoms with Crippen molar-refractivity contribution in [2.45, 2.75) is 64.7 Å². The fraction of sp³-hybridized carbons (Fsp3) is 0.621. The molecule has 2 aliphatic heterocycles. The van der Waals surface area contributed by atoms with Gasteiger partial charge in [-0.15, -0.1) is 0 Å². The molecule has 2 fully saturated rings. The number of hydrogen-bond donors (Lipinski definition) is 1. The average Bonchev–Trinajstić information content (AvgIpc) is 2.81. The number of amides is 1. The Labute approximate surface area is 209 Å². The number of hydrogen-bond acceptors (Lipinski definition) is 5. The van der Waals surface area contributed by atoms with Crippen LogP contribution >= 0.6 is 0 Å². The molecule has 1 saturated heterocycles. The third kappa shape index (κ3) is 4.44. The zero-order valence-corrected chi connectivity index (χ0v) is 21.4. The first-order valence-corrected chi connectivity index (χ1v) is 13.1. The Hall–Kier alpha value is -2.18. The third-order valence-corrected chi connectivity index (χ3v) is 8.96. The summed E-state index contributed by atoms with van der Waals surface area (Å²) in [6.45, 7) is 10.6. The zero-order valence-electron chi connectivity index (χ0n) is 21.4. The van der Waals surface area contributed by atoms with Crippen LogP contribution in [0.5, 0.6) is 0 Å². The quantitative estimate of drug-likeness (QED) is 0.530. The van der Waals surface area contributed by atoms with E-state index in [0.29, 0.717) is 12.5 Å². The van der Waals surface area contributed by atoms with Crippen LogP contribution in [0, 0.1) is 30.1 Å². The molecule has 1 unspecified atom stereocenters. The predicted octanol–water partition coefficient (Wildman–Crippen LogP) is 3.43. The van der Waals surface area contributed by atoms with Crippen LogP contribution in [0.4, 0.5) is 0 Å². The van der Waals surface area contributed by atoms with Crippen molar-refractivity contribution < 1.29 is 19.4 Å². The number of nitrogens with zero attached hydrogens (tertiary/aromatic N) is 2. The van der Waals surface area contributed by atoms with Gasteiger partial charge in [0.05, 0.1) is 24.6 Å². The monoisotopic (exact) mass is 478 g/mol. The first-order chi connectivity index (χ1) is 16.7. The first kappa shape index (κ1) is 24.5. The first-order valence-electron chi connectivity index (χ1n) is 13.1. The number of piperazine rings is 1. The van der Waals surface area contributed by atoms with Gasteiger partial charge in [0.2, 0.25) is 5.91 Å². The minimum atomic E-state index is -1.12. The molecule has 1 aromatic rings. The zero-order chi connectivity index (χ0) is 24.9. The molecule has 188 valence electrons. The molecular weight excluding hydrogens is 440 g/mol. The molecular formula is C29H38N2O4. The highest BCUT2D eigenvalue weighted by Gasteiger charge is 2.53. The van der Waals surface area contributed by atoms with E-state index in [4.69, 9.17) is 4.74 Å². The van der Waals surface area contributed by atoms with E-state index < -0.39 is 11.7 Å². The van der Waals surface area contributed by atoms with E-state index in [1.165, 1.54) is 18.1 Å². The van der Waals surface area contributed by atoms with Gasteiger partial charge in [0.25, 0.3) is 0 Å². The number of benzene rings is 1. The number of ether oxygens (including phenoxy) is 1. The molecule has 1 N–H and O–H groups in total. The topological polar surface area (TPSA) is 70.1 Å².